The van der Waals surface area contributed by atoms with Gasteiger partial charge in [0.2, 0.25) is 0 Å². The van der Waals surface area contributed by atoms with Crippen LogP contribution >= 0.6 is 0 Å². The van der Waals surface area contributed by atoms with Gasteiger partial charge in [-0.25, -0.2) is 9.78 Å². The number of para-hydroxylation sites is 2. The molecule has 6 nitrogen and oxygen atoms in total. The zero-order chi connectivity index (χ0) is 21.5. The van der Waals surface area contributed by atoms with Gasteiger partial charge in [0.05, 0.1) is 5.52 Å². The molecule has 0 N–H and O–H groups in total. The van der Waals surface area contributed by atoms with Crippen LogP contribution in [0.4, 0.5) is 5.82 Å². The number of pyridine rings is 1. The van der Waals surface area contributed by atoms with E-state index in [1.165, 1.54) is 10.9 Å². The van der Waals surface area contributed by atoms with Crippen LogP contribution in [0.5, 0.6) is 0 Å². The molecule has 3 heterocycles. The molecule has 6 heteroatoms. The predicted octanol–water partition coefficient (Wildman–Crippen LogP) is 3.92. The summed E-state index contributed by atoms with van der Waals surface area (Å²) in [4.78, 5) is 34.2. The predicted molar refractivity (Wildman–Crippen MR) is 122 cm³/mol. The van der Waals surface area contributed by atoms with E-state index in [9.17, 15) is 9.59 Å². The number of aryl methyl sites for hydroxylation is 2. The molecule has 2 aromatic heterocycles. The lowest BCUT2D eigenvalue weighted by atomic mass is 10.1. The number of fused-ring (bicyclic) bond motifs is 2. The summed E-state index contributed by atoms with van der Waals surface area (Å²) >= 11 is 0. The molecule has 1 aliphatic heterocycles. The molecular formula is C25H23N3O3. The maximum Gasteiger partial charge on any atom is 0.349 e. The molecule has 0 bridgehead atoms. The summed E-state index contributed by atoms with van der Waals surface area (Å²) in [6.07, 6.45) is 0. The molecule has 4 aromatic rings. The zero-order valence-corrected chi connectivity index (χ0v) is 17.6. The monoisotopic (exact) mass is 413 g/mol. The highest BCUT2D eigenvalue weighted by Gasteiger charge is 2.26. The quantitative estimate of drug-likeness (QED) is 0.466. The lowest BCUT2D eigenvalue weighted by Crippen LogP contribution is -2.49. The fourth-order valence-electron chi connectivity index (χ4n) is 4.23. The van der Waals surface area contributed by atoms with E-state index in [0.717, 1.165) is 22.3 Å². The number of rotatable bonds is 2. The fraction of sp³-hybridized carbons (Fsp3) is 0.240. The van der Waals surface area contributed by atoms with Gasteiger partial charge in [-0.3, -0.25) is 4.79 Å². The summed E-state index contributed by atoms with van der Waals surface area (Å²) in [5.74, 6) is 0.647. The van der Waals surface area contributed by atoms with Crippen molar-refractivity contribution in [1.29, 1.82) is 0 Å². The van der Waals surface area contributed by atoms with Gasteiger partial charge in [-0.2, -0.15) is 0 Å². The van der Waals surface area contributed by atoms with Crippen LogP contribution in [0.2, 0.25) is 0 Å². The van der Waals surface area contributed by atoms with Gasteiger partial charge in [-0.15, -0.1) is 0 Å². The number of anilines is 1. The SMILES string of the molecule is Cc1cc(N2CCN(C(=O)c3cc4ccccc4oc3=O)CC2)nc2c(C)cccc12. The first-order valence-electron chi connectivity index (χ1n) is 10.5. The third-order valence-electron chi connectivity index (χ3n) is 6.00. The number of aromatic nitrogens is 1. The number of hydrogen-bond donors (Lipinski definition) is 0. The van der Waals surface area contributed by atoms with E-state index in [2.05, 4.69) is 43.0 Å². The standard InChI is InChI=1S/C25H23N3O3/c1-16-6-5-8-19-17(2)14-22(26-23(16)19)27-10-12-28(13-11-27)24(29)20-15-18-7-3-4-9-21(18)31-25(20)30/h3-9,14-15H,10-13H2,1-2H3. The Morgan fingerprint density at radius 2 is 1.71 bits per heavy atom. The van der Waals surface area contributed by atoms with Gasteiger partial charge in [-0.1, -0.05) is 36.4 Å². The smallest absolute Gasteiger partial charge is 0.349 e. The minimum Gasteiger partial charge on any atom is -0.422 e. The van der Waals surface area contributed by atoms with Crippen molar-refractivity contribution in [3.63, 3.8) is 0 Å². The Bertz CT molecular complexity index is 1370. The van der Waals surface area contributed by atoms with Crippen molar-refractivity contribution in [1.82, 2.24) is 9.88 Å². The van der Waals surface area contributed by atoms with Crippen LogP contribution in [0.15, 0.2) is 63.8 Å². The minimum atomic E-state index is -0.589. The van der Waals surface area contributed by atoms with Crippen LogP contribution in [0.1, 0.15) is 21.5 Å². The van der Waals surface area contributed by atoms with E-state index < -0.39 is 5.63 Å². The van der Waals surface area contributed by atoms with Crippen molar-refractivity contribution in [2.75, 3.05) is 31.1 Å². The van der Waals surface area contributed by atoms with Crippen molar-refractivity contribution in [2.45, 2.75) is 13.8 Å². The molecule has 0 spiro atoms. The maximum absolute atomic E-state index is 13.0. The summed E-state index contributed by atoms with van der Waals surface area (Å²) < 4.78 is 5.34. The van der Waals surface area contributed by atoms with Crippen LogP contribution in [0.25, 0.3) is 21.9 Å². The highest BCUT2D eigenvalue weighted by molar-refractivity contribution is 5.96. The Kier molecular flexibility index (Phi) is 4.70. The largest absolute Gasteiger partial charge is 0.422 e. The molecule has 1 saturated heterocycles. The Balaban J connectivity index is 1.37. The van der Waals surface area contributed by atoms with Gasteiger partial charge in [0.1, 0.15) is 17.0 Å². The van der Waals surface area contributed by atoms with Crippen molar-refractivity contribution in [2.24, 2.45) is 0 Å². The molecule has 2 aromatic carbocycles. The van der Waals surface area contributed by atoms with Crippen molar-refractivity contribution in [3.05, 3.63) is 81.7 Å². The summed E-state index contributed by atoms with van der Waals surface area (Å²) in [5.41, 5.74) is 3.35. The summed E-state index contributed by atoms with van der Waals surface area (Å²) in [5, 5.41) is 1.91. The summed E-state index contributed by atoms with van der Waals surface area (Å²) in [6, 6.07) is 17.2. The van der Waals surface area contributed by atoms with Crippen LogP contribution in [-0.4, -0.2) is 42.0 Å². The number of amides is 1. The molecule has 1 amide bonds. The molecule has 31 heavy (non-hydrogen) atoms. The van der Waals surface area contributed by atoms with Crippen molar-refractivity contribution < 1.29 is 9.21 Å². The second kappa shape index (κ2) is 7.54. The Labute approximate surface area is 179 Å². The van der Waals surface area contributed by atoms with Gasteiger partial charge >= 0.3 is 5.63 Å². The maximum atomic E-state index is 13.0. The average molecular weight is 413 g/mol. The third-order valence-corrected chi connectivity index (χ3v) is 6.00. The molecule has 1 fully saturated rings. The third kappa shape index (κ3) is 3.44. The van der Waals surface area contributed by atoms with Gasteiger partial charge in [0.25, 0.3) is 5.91 Å². The summed E-state index contributed by atoms with van der Waals surface area (Å²) in [7, 11) is 0. The number of nitrogens with zero attached hydrogens (tertiary/aromatic N) is 3. The first-order chi connectivity index (χ1) is 15.0. The van der Waals surface area contributed by atoms with Gasteiger partial charge in [-0.05, 0) is 43.2 Å². The van der Waals surface area contributed by atoms with Crippen molar-refractivity contribution in [3.8, 4) is 0 Å². The number of benzene rings is 2. The Hall–Kier alpha value is -3.67. The first kappa shape index (κ1) is 19.3. The Morgan fingerprint density at radius 3 is 2.52 bits per heavy atom. The molecule has 0 atom stereocenters. The van der Waals surface area contributed by atoms with E-state index in [0.29, 0.717) is 31.8 Å². The molecule has 0 saturated carbocycles. The topological polar surface area (TPSA) is 66.7 Å². The molecule has 5 rings (SSSR count). The highest BCUT2D eigenvalue weighted by atomic mass is 16.4. The Morgan fingerprint density at radius 1 is 0.935 bits per heavy atom. The molecule has 0 radical (unpaired) electrons. The van der Waals surface area contributed by atoms with Crippen LogP contribution < -0.4 is 10.5 Å². The fourth-order valence-corrected chi connectivity index (χ4v) is 4.23. The first-order valence-corrected chi connectivity index (χ1v) is 10.5. The number of carbonyl (C=O) groups is 1. The van der Waals surface area contributed by atoms with Crippen LogP contribution in [-0.2, 0) is 0 Å². The van der Waals surface area contributed by atoms with E-state index in [4.69, 9.17) is 9.40 Å². The number of piperazine rings is 1. The van der Waals surface area contributed by atoms with E-state index in [1.54, 1.807) is 23.1 Å². The molecule has 1 aliphatic rings. The molecule has 0 aliphatic carbocycles. The highest BCUT2D eigenvalue weighted by Crippen LogP contribution is 2.25. The van der Waals surface area contributed by atoms with Crippen LogP contribution in [0, 0.1) is 13.8 Å². The lowest BCUT2D eigenvalue weighted by molar-refractivity contribution is 0.0742. The molecule has 0 unspecified atom stereocenters. The normalized spacial score (nSPS) is 14.4. The lowest BCUT2D eigenvalue weighted by Gasteiger charge is -2.35. The van der Waals surface area contributed by atoms with Gasteiger partial charge < -0.3 is 14.2 Å². The zero-order valence-electron chi connectivity index (χ0n) is 17.6. The summed E-state index contributed by atoms with van der Waals surface area (Å²) in [6.45, 7) is 6.55. The van der Waals surface area contributed by atoms with E-state index in [-0.39, 0.29) is 11.5 Å². The second-order valence-electron chi connectivity index (χ2n) is 8.03. The average Bonchev–Trinajstić information content (AvgIpc) is 2.79. The van der Waals surface area contributed by atoms with Crippen molar-refractivity contribution >= 4 is 33.6 Å². The molecular weight excluding hydrogens is 390 g/mol. The van der Waals surface area contributed by atoms with E-state index >= 15 is 0 Å². The second-order valence-corrected chi connectivity index (χ2v) is 8.03. The molecule has 156 valence electrons. The van der Waals surface area contributed by atoms with Gasteiger partial charge in [0, 0.05) is 37.0 Å². The number of hydrogen-bond acceptors (Lipinski definition) is 5. The number of carbonyl (C=O) groups excluding carboxylic acids is 1. The minimum absolute atomic E-state index is 0.0856. The van der Waals surface area contributed by atoms with Crippen LogP contribution in [0.3, 0.4) is 0 Å². The van der Waals surface area contributed by atoms with Gasteiger partial charge in [0.15, 0.2) is 0 Å². The van der Waals surface area contributed by atoms with E-state index in [1.807, 2.05) is 12.1 Å².